The molecule has 20 heavy (non-hydrogen) atoms. The number of hydrogen-bond donors (Lipinski definition) is 1. The topological polar surface area (TPSA) is 43.8 Å². The van der Waals surface area contributed by atoms with E-state index in [1.165, 1.54) is 0 Å². The normalized spacial score (nSPS) is 17.3. The number of rotatable bonds is 3. The molecule has 0 atom stereocenters. The lowest BCUT2D eigenvalue weighted by Gasteiger charge is -2.25. The van der Waals surface area contributed by atoms with Crippen molar-refractivity contribution in [2.45, 2.75) is 32.9 Å². The van der Waals surface area contributed by atoms with Crippen LogP contribution in [0.3, 0.4) is 0 Å². The first-order chi connectivity index (χ1) is 9.61. The van der Waals surface area contributed by atoms with Gasteiger partial charge in [-0.25, -0.2) is 0 Å². The van der Waals surface area contributed by atoms with Crippen molar-refractivity contribution in [1.82, 2.24) is 9.80 Å². The number of carbonyl (C=O) groups excluding carboxylic acids is 1. The molecule has 0 bridgehead atoms. The third-order valence-corrected chi connectivity index (χ3v) is 3.93. The van der Waals surface area contributed by atoms with E-state index in [0.717, 1.165) is 38.2 Å². The fourth-order valence-electron chi connectivity index (χ4n) is 2.59. The fraction of sp³-hybridized carbons (Fsp3) is 0.562. The van der Waals surface area contributed by atoms with Gasteiger partial charge in [-0.2, -0.15) is 0 Å². The molecule has 1 aromatic rings. The maximum Gasteiger partial charge on any atom is 0.253 e. The molecule has 4 nitrogen and oxygen atoms in total. The highest BCUT2D eigenvalue weighted by molar-refractivity contribution is 5.94. The lowest BCUT2D eigenvalue weighted by Crippen LogP contribution is -2.37. The highest BCUT2D eigenvalue weighted by Gasteiger charge is 2.21. The number of aliphatic hydroxyl groups excluding tert-OH is 1. The predicted molar refractivity (Wildman–Crippen MR) is 79.6 cm³/mol. The summed E-state index contributed by atoms with van der Waals surface area (Å²) in [6.45, 7) is 8.03. The van der Waals surface area contributed by atoms with Gasteiger partial charge in [0.05, 0.1) is 6.61 Å². The average molecular weight is 276 g/mol. The average Bonchev–Trinajstić information content (AvgIpc) is 2.72. The quantitative estimate of drug-likeness (QED) is 0.914. The van der Waals surface area contributed by atoms with Gasteiger partial charge in [0, 0.05) is 37.8 Å². The van der Waals surface area contributed by atoms with Crippen LogP contribution in [0.25, 0.3) is 0 Å². The van der Waals surface area contributed by atoms with Crippen molar-refractivity contribution in [2.75, 3.05) is 26.2 Å². The van der Waals surface area contributed by atoms with Gasteiger partial charge in [-0.05, 0) is 38.0 Å². The molecule has 1 amide bonds. The molecule has 0 radical (unpaired) electrons. The van der Waals surface area contributed by atoms with Crippen LogP contribution in [0.4, 0.5) is 0 Å². The van der Waals surface area contributed by atoms with E-state index >= 15 is 0 Å². The number of amides is 1. The van der Waals surface area contributed by atoms with E-state index < -0.39 is 0 Å². The van der Waals surface area contributed by atoms with Crippen molar-refractivity contribution < 1.29 is 9.90 Å². The molecule has 1 fully saturated rings. The molecule has 2 rings (SSSR count). The Kier molecular flexibility index (Phi) is 5.15. The molecule has 1 aromatic carbocycles. The van der Waals surface area contributed by atoms with Crippen LogP contribution in [0.15, 0.2) is 24.3 Å². The lowest BCUT2D eigenvalue weighted by atomic mass is 10.1. The zero-order chi connectivity index (χ0) is 14.5. The molecule has 1 aliphatic rings. The van der Waals surface area contributed by atoms with Crippen LogP contribution in [0.1, 0.15) is 36.2 Å². The number of benzene rings is 1. The van der Waals surface area contributed by atoms with E-state index in [2.05, 4.69) is 18.7 Å². The first-order valence-corrected chi connectivity index (χ1v) is 7.35. The van der Waals surface area contributed by atoms with E-state index in [1.54, 1.807) is 12.1 Å². The second-order valence-corrected chi connectivity index (χ2v) is 5.63. The molecule has 0 aliphatic carbocycles. The Labute approximate surface area is 121 Å². The summed E-state index contributed by atoms with van der Waals surface area (Å²) in [5, 5.41) is 9.03. The number of carbonyl (C=O) groups is 1. The van der Waals surface area contributed by atoms with Crippen molar-refractivity contribution in [1.29, 1.82) is 0 Å². The van der Waals surface area contributed by atoms with Crippen LogP contribution >= 0.6 is 0 Å². The summed E-state index contributed by atoms with van der Waals surface area (Å²) in [7, 11) is 0. The van der Waals surface area contributed by atoms with Gasteiger partial charge in [-0.3, -0.25) is 9.69 Å². The van der Waals surface area contributed by atoms with E-state index in [4.69, 9.17) is 5.11 Å². The SMILES string of the molecule is CC(C)N1CCCN(C(=O)c2ccc(CO)cc2)CC1. The summed E-state index contributed by atoms with van der Waals surface area (Å²) in [6.07, 6.45) is 1.03. The molecule has 0 spiro atoms. The summed E-state index contributed by atoms with van der Waals surface area (Å²) >= 11 is 0. The van der Waals surface area contributed by atoms with Crippen molar-refractivity contribution in [2.24, 2.45) is 0 Å². The summed E-state index contributed by atoms with van der Waals surface area (Å²) in [5.41, 5.74) is 1.54. The second kappa shape index (κ2) is 6.86. The zero-order valence-corrected chi connectivity index (χ0v) is 12.4. The van der Waals surface area contributed by atoms with Crippen LogP contribution in [0.2, 0.25) is 0 Å². The highest BCUT2D eigenvalue weighted by atomic mass is 16.3. The molecule has 0 unspecified atom stereocenters. The number of aliphatic hydroxyl groups is 1. The monoisotopic (exact) mass is 276 g/mol. The molecular formula is C16H24N2O2. The van der Waals surface area contributed by atoms with E-state index in [1.807, 2.05) is 17.0 Å². The van der Waals surface area contributed by atoms with Gasteiger partial charge in [0.1, 0.15) is 0 Å². The maximum absolute atomic E-state index is 12.5. The van der Waals surface area contributed by atoms with Gasteiger partial charge in [-0.1, -0.05) is 12.1 Å². The number of hydrogen-bond acceptors (Lipinski definition) is 3. The minimum absolute atomic E-state index is 0.0154. The Morgan fingerprint density at radius 2 is 1.85 bits per heavy atom. The predicted octanol–water partition coefficient (Wildman–Crippen LogP) is 1.74. The molecule has 1 heterocycles. The van der Waals surface area contributed by atoms with Gasteiger partial charge >= 0.3 is 0 Å². The van der Waals surface area contributed by atoms with Gasteiger partial charge in [0.15, 0.2) is 0 Å². The first kappa shape index (κ1) is 15.0. The summed E-state index contributed by atoms with van der Waals surface area (Å²) in [4.78, 5) is 16.8. The zero-order valence-electron chi connectivity index (χ0n) is 12.4. The van der Waals surface area contributed by atoms with Crippen molar-refractivity contribution >= 4 is 5.91 Å². The van der Waals surface area contributed by atoms with Gasteiger partial charge < -0.3 is 10.0 Å². The van der Waals surface area contributed by atoms with Crippen molar-refractivity contribution in [3.63, 3.8) is 0 Å². The Balaban J connectivity index is 2.01. The van der Waals surface area contributed by atoms with Crippen LogP contribution in [0.5, 0.6) is 0 Å². The second-order valence-electron chi connectivity index (χ2n) is 5.63. The highest BCUT2D eigenvalue weighted by Crippen LogP contribution is 2.12. The Hall–Kier alpha value is -1.39. The van der Waals surface area contributed by atoms with Gasteiger partial charge in [0.2, 0.25) is 0 Å². The Morgan fingerprint density at radius 3 is 2.45 bits per heavy atom. The molecule has 1 N–H and O–H groups in total. The summed E-state index contributed by atoms with van der Waals surface area (Å²) in [6, 6.07) is 7.77. The minimum atomic E-state index is 0.0154. The molecule has 4 heteroatoms. The summed E-state index contributed by atoms with van der Waals surface area (Å²) < 4.78 is 0. The molecular weight excluding hydrogens is 252 g/mol. The molecule has 1 aliphatic heterocycles. The van der Waals surface area contributed by atoms with Gasteiger partial charge in [-0.15, -0.1) is 0 Å². The lowest BCUT2D eigenvalue weighted by molar-refractivity contribution is 0.0759. The minimum Gasteiger partial charge on any atom is -0.392 e. The largest absolute Gasteiger partial charge is 0.392 e. The third-order valence-electron chi connectivity index (χ3n) is 3.93. The Morgan fingerprint density at radius 1 is 1.15 bits per heavy atom. The smallest absolute Gasteiger partial charge is 0.253 e. The van der Waals surface area contributed by atoms with Crippen LogP contribution < -0.4 is 0 Å². The standard InChI is InChI=1S/C16H24N2O2/c1-13(2)17-8-3-9-18(11-10-17)16(20)15-6-4-14(12-19)5-7-15/h4-7,13,19H,3,8-12H2,1-2H3. The Bertz CT molecular complexity index is 442. The maximum atomic E-state index is 12.5. The fourth-order valence-corrected chi connectivity index (χ4v) is 2.59. The van der Waals surface area contributed by atoms with E-state index in [9.17, 15) is 4.79 Å². The van der Waals surface area contributed by atoms with Crippen LogP contribution in [-0.4, -0.2) is 53.0 Å². The van der Waals surface area contributed by atoms with Crippen molar-refractivity contribution in [3.8, 4) is 0 Å². The molecule has 0 aromatic heterocycles. The van der Waals surface area contributed by atoms with E-state index in [-0.39, 0.29) is 12.5 Å². The van der Waals surface area contributed by atoms with Gasteiger partial charge in [0.25, 0.3) is 5.91 Å². The van der Waals surface area contributed by atoms with Crippen LogP contribution in [0, 0.1) is 0 Å². The third kappa shape index (κ3) is 3.58. The summed E-state index contributed by atoms with van der Waals surface area (Å²) in [5.74, 6) is 0.0973. The molecule has 110 valence electrons. The first-order valence-electron chi connectivity index (χ1n) is 7.35. The number of nitrogens with zero attached hydrogens (tertiary/aromatic N) is 2. The molecule has 1 saturated heterocycles. The van der Waals surface area contributed by atoms with Crippen LogP contribution in [-0.2, 0) is 6.61 Å². The molecule has 0 saturated carbocycles. The van der Waals surface area contributed by atoms with Crippen molar-refractivity contribution in [3.05, 3.63) is 35.4 Å². The van der Waals surface area contributed by atoms with E-state index in [0.29, 0.717) is 11.6 Å².